The molecule has 18 heavy (non-hydrogen) atoms. The maximum absolute atomic E-state index is 12.1. The van der Waals surface area contributed by atoms with Crippen LogP contribution in [0.25, 0.3) is 0 Å². The van der Waals surface area contributed by atoms with E-state index in [1.807, 2.05) is 0 Å². The fourth-order valence-corrected chi connectivity index (χ4v) is 3.08. The van der Waals surface area contributed by atoms with Gasteiger partial charge in [-0.05, 0) is 24.3 Å². The summed E-state index contributed by atoms with van der Waals surface area (Å²) >= 11 is 11.7. The van der Waals surface area contributed by atoms with E-state index in [1.54, 1.807) is 24.3 Å². The molecule has 4 nitrogen and oxygen atoms in total. The Bertz CT molecular complexity index is 674. The summed E-state index contributed by atoms with van der Waals surface area (Å²) in [6.45, 7) is 0. The predicted octanol–water partition coefficient (Wildman–Crippen LogP) is 3.19. The van der Waals surface area contributed by atoms with E-state index in [9.17, 15) is 8.42 Å². The van der Waals surface area contributed by atoms with Crippen LogP contribution in [-0.4, -0.2) is 13.4 Å². The van der Waals surface area contributed by atoms with Crippen molar-refractivity contribution in [1.82, 2.24) is 4.98 Å². The Morgan fingerprint density at radius 3 is 2.33 bits per heavy atom. The largest absolute Gasteiger partial charge is 0.264 e. The highest BCUT2D eigenvalue weighted by Crippen LogP contribution is 2.25. The number of anilines is 1. The normalized spacial score (nSPS) is 11.2. The number of aromatic nitrogens is 1. The SMILES string of the molecule is O=S(=O)(Nc1ncccc1Cl)c1ccccc1Cl. The zero-order valence-corrected chi connectivity index (χ0v) is 11.3. The molecule has 0 aliphatic carbocycles. The molecule has 0 unspecified atom stereocenters. The van der Waals surface area contributed by atoms with Gasteiger partial charge in [0.05, 0.1) is 10.0 Å². The second kappa shape index (κ2) is 5.14. The minimum Gasteiger partial charge on any atom is -0.262 e. The van der Waals surface area contributed by atoms with E-state index in [4.69, 9.17) is 23.2 Å². The van der Waals surface area contributed by atoms with Gasteiger partial charge >= 0.3 is 0 Å². The summed E-state index contributed by atoms with van der Waals surface area (Å²) in [6, 6.07) is 9.28. The number of pyridine rings is 1. The quantitative estimate of drug-likeness (QED) is 0.947. The van der Waals surface area contributed by atoms with Gasteiger partial charge in [0.2, 0.25) is 0 Å². The van der Waals surface area contributed by atoms with E-state index in [-0.39, 0.29) is 20.8 Å². The minimum atomic E-state index is -3.80. The highest BCUT2D eigenvalue weighted by atomic mass is 35.5. The van der Waals surface area contributed by atoms with Gasteiger partial charge < -0.3 is 0 Å². The first-order valence-corrected chi connectivity index (χ1v) is 7.12. The van der Waals surface area contributed by atoms with Crippen LogP contribution < -0.4 is 4.72 Å². The Morgan fingerprint density at radius 1 is 1.00 bits per heavy atom. The maximum Gasteiger partial charge on any atom is 0.264 e. The number of halogens is 2. The number of nitrogens with zero attached hydrogens (tertiary/aromatic N) is 1. The summed E-state index contributed by atoms with van der Waals surface area (Å²) in [7, 11) is -3.80. The third-order valence-corrected chi connectivity index (χ3v) is 4.26. The van der Waals surface area contributed by atoms with Crippen LogP contribution in [0.5, 0.6) is 0 Å². The number of rotatable bonds is 3. The van der Waals surface area contributed by atoms with Crippen molar-refractivity contribution in [2.75, 3.05) is 4.72 Å². The molecule has 1 aromatic heterocycles. The molecular weight excluding hydrogens is 295 g/mol. The summed E-state index contributed by atoms with van der Waals surface area (Å²) in [5, 5.41) is 0.352. The van der Waals surface area contributed by atoms with Crippen molar-refractivity contribution in [2.45, 2.75) is 4.90 Å². The van der Waals surface area contributed by atoms with Crippen LogP contribution in [0.1, 0.15) is 0 Å². The Balaban J connectivity index is 2.40. The molecule has 0 amide bonds. The van der Waals surface area contributed by atoms with E-state index in [0.717, 1.165) is 0 Å². The minimum absolute atomic E-state index is 0.0200. The maximum atomic E-state index is 12.1. The van der Waals surface area contributed by atoms with Crippen molar-refractivity contribution in [3.63, 3.8) is 0 Å². The first-order valence-electron chi connectivity index (χ1n) is 4.88. The highest BCUT2D eigenvalue weighted by Gasteiger charge is 2.18. The molecule has 1 N–H and O–H groups in total. The van der Waals surface area contributed by atoms with Gasteiger partial charge in [-0.25, -0.2) is 13.4 Å². The van der Waals surface area contributed by atoms with Gasteiger partial charge in [-0.2, -0.15) is 0 Å². The van der Waals surface area contributed by atoms with Gasteiger partial charge in [0.15, 0.2) is 5.82 Å². The van der Waals surface area contributed by atoms with Crippen molar-refractivity contribution in [2.24, 2.45) is 0 Å². The molecule has 2 aromatic rings. The second-order valence-corrected chi connectivity index (χ2v) is 5.83. The van der Waals surface area contributed by atoms with E-state index >= 15 is 0 Å². The van der Waals surface area contributed by atoms with Gasteiger partial charge in [0.1, 0.15) is 4.90 Å². The van der Waals surface area contributed by atoms with Crippen LogP contribution in [0.3, 0.4) is 0 Å². The number of hydrogen-bond donors (Lipinski definition) is 1. The second-order valence-electron chi connectivity index (χ2n) is 3.37. The van der Waals surface area contributed by atoms with E-state index < -0.39 is 10.0 Å². The fourth-order valence-electron chi connectivity index (χ4n) is 1.31. The van der Waals surface area contributed by atoms with Crippen LogP contribution in [0.4, 0.5) is 5.82 Å². The van der Waals surface area contributed by atoms with Crippen molar-refractivity contribution in [1.29, 1.82) is 0 Å². The summed E-state index contributed by atoms with van der Waals surface area (Å²) in [5.74, 6) is 0.0686. The van der Waals surface area contributed by atoms with Crippen LogP contribution in [0, 0.1) is 0 Å². The summed E-state index contributed by atoms with van der Waals surface area (Å²) < 4.78 is 26.4. The highest BCUT2D eigenvalue weighted by molar-refractivity contribution is 7.92. The first kappa shape index (κ1) is 13.1. The smallest absolute Gasteiger partial charge is 0.262 e. The average molecular weight is 303 g/mol. The zero-order chi connectivity index (χ0) is 13.2. The van der Waals surface area contributed by atoms with Crippen LogP contribution in [0.15, 0.2) is 47.5 Å². The molecule has 7 heteroatoms. The first-order chi connectivity index (χ1) is 8.50. The third kappa shape index (κ3) is 2.75. The molecule has 94 valence electrons. The molecular formula is C11H8Cl2N2O2S. The molecule has 0 aliphatic rings. The third-order valence-electron chi connectivity index (χ3n) is 2.12. The Kier molecular flexibility index (Phi) is 3.75. The number of benzene rings is 1. The summed E-state index contributed by atoms with van der Waals surface area (Å²) in [6.07, 6.45) is 1.44. The van der Waals surface area contributed by atoms with Crippen molar-refractivity contribution in [3.05, 3.63) is 52.6 Å². The van der Waals surface area contributed by atoms with Gasteiger partial charge in [0.25, 0.3) is 10.0 Å². The van der Waals surface area contributed by atoms with E-state index in [1.165, 1.54) is 18.3 Å². The lowest BCUT2D eigenvalue weighted by Crippen LogP contribution is -2.14. The summed E-state index contributed by atoms with van der Waals surface area (Å²) in [5.41, 5.74) is 0. The number of sulfonamides is 1. The number of nitrogens with one attached hydrogen (secondary N) is 1. The molecule has 0 bridgehead atoms. The van der Waals surface area contributed by atoms with Crippen LogP contribution in [0.2, 0.25) is 10.0 Å². The molecule has 0 radical (unpaired) electrons. The van der Waals surface area contributed by atoms with Gasteiger partial charge in [-0.3, -0.25) is 4.72 Å². The zero-order valence-electron chi connectivity index (χ0n) is 8.97. The van der Waals surface area contributed by atoms with Crippen molar-refractivity contribution >= 4 is 39.0 Å². The van der Waals surface area contributed by atoms with E-state index in [0.29, 0.717) is 0 Å². The standard InChI is InChI=1S/C11H8Cl2N2O2S/c12-8-4-1-2-6-10(8)18(16,17)15-11-9(13)5-3-7-14-11/h1-7H,(H,14,15). The molecule has 0 saturated heterocycles. The number of hydrogen-bond acceptors (Lipinski definition) is 3. The molecule has 1 heterocycles. The monoisotopic (exact) mass is 302 g/mol. The predicted molar refractivity (Wildman–Crippen MR) is 71.5 cm³/mol. The molecule has 2 rings (SSSR count). The van der Waals surface area contributed by atoms with Crippen LogP contribution in [-0.2, 0) is 10.0 Å². The van der Waals surface area contributed by atoms with Crippen molar-refractivity contribution in [3.8, 4) is 0 Å². The molecule has 0 saturated carbocycles. The Labute approximate surface area is 115 Å². The summed E-state index contributed by atoms with van der Waals surface area (Å²) in [4.78, 5) is 3.83. The van der Waals surface area contributed by atoms with Gasteiger partial charge in [-0.1, -0.05) is 35.3 Å². The fraction of sp³-hybridized carbons (Fsp3) is 0. The van der Waals surface area contributed by atoms with Gasteiger partial charge in [-0.15, -0.1) is 0 Å². The lowest BCUT2D eigenvalue weighted by atomic mass is 10.4. The lowest BCUT2D eigenvalue weighted by Gasteiger charge is -2.09. The van der Waals surface area contributed by atoms with Gasteiger partial charge in [0, 0.05) is 6.20 Å². The Hall–Kier alpha value is -1.30. The molecule has 0 spiro atoms. The van der Waals surface area contributed by atoms with E-state index in [2.05, 4.69) is 9.71 Å². The molecule has 1 aromatic carbocycles. The van der Waals surface area contributed by atoms with Crippen LogP contribution >= 0.6 is 23.2 Å². The molecule has 0 atom stereocenters. The topological polar surface area (TPSA) is 59.1 Å². The molecule has 0 fully saturated rings. The Morgan fingerprint density at radius 2 is 1.67 bits per heavy atom. The molecule has 0 aliphatic heterocycles. The lowest BCUT2D eigenvalue weighted by molar-refractivity contribution is 0.601. The average Bonchev–Trinajstić information content (AvgIpc) is 2.32. The van der Waals surface area contributed by atoms with Crippen molar-refractivity contribution < 1.29 is 8.42 Å².